The normalized spacial score (nSPS) is 19.2. The van der Waals surface area contributed by atoms with Gasteiger partial charge in [0.25, 0.3) is 0 Å². The van der Waals surface area contributed by atoms with Gasteiger partial charge in [-0.3, -0.25) is 4.79 Å². The van der Waals surface area contributed by atoms with Crippen LogP contribution in [0.4, 0.5) is 4.39 Å². The summed E-state index contributed by atoms with van der Waals surface area (Å²) in [6.07, 6.45) is 0.761. The van der Waals surface area contributed by atoms with Crippen LogP contribution in [0.1, 0.15) is 17.9 Å². The van der Waals surface area contributed by atoms with Crippen LogP contribution in [0.25, 0.3) is 22.3 Å². The Morgan fingerprint density at radius 2 is 2.00 bits per heavy atom. The number of aliphatic hydroxyl groups excluding tert-OH is 1. The number of likely N-dealkylation sites (N-methyl/N-ethyl adjacent to an activating group) is 1. The van der Waals surface area contributed by atoms with E-state index in [2.05, 4.69) is 20.8 Å². The van der Waals surface area contributed by atoms with Crippen LogP contribution in [0.3, 0.4) is 0 Å². The zero-order chi connectivity index (χ0) is 22.3. The number of nitrogens with zero attached hydrogens (tertiary/aromatic N) is 1. The molecule has 3 aromatic rings. The second kappa shape index (κ2) is 8.61. The summed E-state index contributed by atoms with van der Waals surface area (Å²) in [6.45, 7) is 0.739. The standard InChI is InChI=1S/C23H23BrFNO5/c1-26-8-7-12(15(26)11-27)20-18(29-2)10-19(30-3)21-16(28)9-17(31-23(20)21)13-5-4-6-14(25)22(13)24/h4-6,9-10,12,15,27H,7-8,11H2,1-3H3/t12?,15-/m1/s1. The predicted molar refractivity (Wildman–Crippen MR) is 120 cm³/mol. The van der Waals surface area contributed by atoms with Crippen molar-refractivity contribution in [3.63, 3.8) is 0 Å². The number of hydrogen-bond donors (Lipinski definition) is 1. The maximum Gasteiger partial charge on any atom is 0.197 e. The van der Waals surface area contributed by atoms with Gasteiger partial charge in [-0.2, -0.15) is 0 Å². The number of ether oxygens (including phenoxy) is 2. The van der Waals surface area contributed by atoms with E-state index >= 15 is 0 Å². The summed E-state index contributed by atoms with van der Waals surface area (Å²) in [6, 6.07) is 7.42. The number of rotatable bonds is 5. The van der Waals surface area contributed by atoms with Crippen molar-refractivity contribution in [2.45, 2.75) is 18.4 Å². The summed E-state index contributed by atoms with van der Waals surface area (Å²) in [4.78, 5) is 15.3. The molecule has 6 nitrogen and oxygen atoms in total. The van der Waals surface area contributed by atoms with Crippen LogP contribution in [0.15, 0.2) is 44.0 Å². The highest BCUT2D eigenvalue weighted by molar-refractivity contribution is 9.10. The molecule has 8 heteroatoms. The van der Waals surface area contributed by atoms with E-state index in [1.165, 1.54) is 19.2 Å². The fraction of sp³-hybridized carbons (Fsp3) is 0.348. The van der Waals surface area contributed by atoms with Gasteiger partial charge >= 0.3 is 0 Å². The van der Waals surface area contributed by atoms with Gasteiger partial charge in [0, 0.05) is 35.2 Å². The highest BCUT2D eigenvalue weighted by Crippen LogP contribution is 2.45. The molecule has 0 spiro atoms. The molecule has 1 unspecified atom stereocenters. The van der Waals surface area contributed by atoms with Crippen molar-refractivity contribution in [2.75, 3.05) is 34.4 Å². The van der Waals surface area contributed by atoms with Crippen molar-refractivity contribution in [1.29, 1.82) is 0 Å². The number of fused-ring (bicyclic) bond motifs is 1. The first-order valence-corrected chi connectivity index (χ1v) is 10.7. The Hall–Kier alpha value is -2.42. The summed E-state index contributed by atoms with van der Waals surface area (Å²) in [7, 11) is 4.97. The number of halogens is 2. The first-order chi connectivity index (χ1) is 14.9. The zero-order valence-electron chi connectivity index (χ0n) is 17.4. The van der Waals surface area contributed by atoms with Gasteiger partial charge in [-0.05, 0) is 48.1 Å². The summed E-state index contributed by atoms with van der Waals surface area (Å²) < 4.78 is 31.7. The van der Waals surface area contributed by atoms with E-state index in [1.807, 2.05) is 7.05 Å². The fourth-order valence-electron chi connectivity index (χ4n) is 4.42. The minimum atomic E-state index is -0.457. The van der Waals surface area contributed by atoms with Gasteiger partial charge in [0.1, 0.15) is 34.0 Å². The number of methoxy groups -OCH3 is 2. The number of likely N-dealkylation sites (tertiary alicyclic amines) is 1. The zero-order valence-corrected chi connectivity index (χ0v) is 19.0. The monoisotopic (exact) mass is 491 g/mol. The molecule has 2 atom stereocenters. The van der Waals surface area contributed by atoms with Gasteiger partial charge in [-0.1, -0.05) is 6.07 Å². The van der Waals surface area contributed by atoms with E-state index in [0.717, 1.165) is 13.0 Å². The lowest BCUT2D eigenvalue weighted by Gasteiger charge is -2.25. The summed E-state index contributed by atoms with van der Waals surface area (Å²) in [5.41, 5.74) is 1.15. The molecule has 0 aliphatic carbocycles. The van der Waals surface area contributed by atoms with E-state index in [4.69, 9.17) is 13.9 Å². The predicted octanol–water partition coefficient (Wildman–Crippen LogP) is 4.16. The lowest BCUT2D eigenvalue weighted by atomic mass is 9.89. The molecular formula is C23H23BrFNO5. The van der Waals surface area contributed by atoms with Crippen molar-refractivity contribution >= 4 is 26.9 Å². The largest absolute Gasteiger partial charge is 0.496 e. The van der Waals surface area contributed by atoms with Crippen molar-refractivity contribution in [3.8, 4) is 22.8 Å². The molecule has 0 saturated carbocycles. The smallest absolute Gasteiger partial charge is 0.197 e. The second-order valence-corrected chi connectivity index (χ2v) is 8.39. The van der Waals surface area contributed by atoms with Gasteiger partial charge in [-0.15, -0.1) is 0 Å². The second-order valence-electron chi connectivity index (χ2n) is 7.60. The fourth-order valence-corrected chi connectivity index (χ4v) is 4.88. The molecule has 1 N–H and O–H groups in total. The molecular weight excluding hydrogens is 469 g/mol. The third-order valence-corrected chi connectivity index (χ3v) is 6.81. The van der Waals surface area contributed by atoms with Crippen molar-refractivity contribution in [1.82, 2.24) is 4.90 Å². The molecule has 1 saturated heterocycles. The Morgan fingerprint density at radius 3 is 2.68 bits per heavy atom. The Kier molecular flexibility index (Phi) is 6.05. The molecule has 1 aromatic heterocycles. The number of aliphatic hydroxyl groups is 1. The highest BCUT2D eigenvalue weighted by Gasteiger charge is 2.37. The van der Waals surface area contributed by atoms with Crippen LogP contribution in [0.2, 0.25) is 0 Å². The SMILES string of the molecule is COc1cc(OC)c2c(=O)cc(-c3cccc(F)c3Br)oc2c1C1CCN(C)[C@@H]1CO. The molecule has 31 heavy (non-hydrogen) atoms. The van der Waals surface area contributed by atoms with Gasteiger partial charge < -0.3 is 23.9 Å². The molecule has 4 rings (SSSR count). The maximum absolute atomic E-state index is 14.1. The maximum atomic E-state index is 14.1. The third kappa shape index (κ3) is 3.62. The van der Waals surface area contributed by atoms with Crippen molar-refractivity contribution in [2.24, 2.45) is 0 Å². The topological polar surface area (TPSA) is 72.1 Å². The van der Waals surface area contributed by atoms with Crippen molar-refractivity contribution in [3.05, 3.63) is 56.4 Å². The molecule has 0 amide bonds. The van der Waals surface area contributed by atoms with Crippen LogP contribution in [0, 0.1) is 5.82 Å². The Labute approximate surface area is 187 Å². The highest BCUT2D eigenvalue weighted by atomic mass is 79.9. The number of benzene rings is 2. The molecule has 0 bridgehead atoms. The van der Waals surface area contributed by atoms with Gasteiger partial charge in [0.05, 0.1) is 25.3 Å². The van der Waals surface area contributed by atoms with Crippen LogP contribution < -0.4 is 14.9 Å². The third-order valence-electron chi connectivity index (χ3n) is 6.00. The van der Waals surface area contributed by atoms with Gasteiger partial charge in [-0.25, -0.2) is 4.39 Å². The lowest BCUT2D eigenvalue weighted by Crippen LogP contribution is -2.32. The van der Waals surface area contributed by atoms with E-state index in [9.17, 15) is 14.3 Å². The van der Waals surface area contributed by atoms with E-state index in [-0.39, 0.29) is 34.2 Å². The average molecular weight is 492 g/mol. The first-order valence-electron chi connectivity index (χ1n) is 9.89. The summed E-state index contributed by atoms with van der Waals surface area (Å²) in [5.74, 6) is 0.504. The Balaban J connectivity index is 2.07. The van der Waals surface area contributed by atoms with E-state index < -0.39 is 5.82 Å². The minimum Gasteiger partial charge on any atom is -0.496 e. The summed E-state index contributed by atoms with van der Waals surface area (Å²) >= 11 is 3.25. The van der Waals surface area contributed by atoms with Crippen LogP contribution >= 0.6 is 15.9 Å². The molecule has 164 valence electrons. The molecule has 2 aromatic carbocycles. The Morgan fingerprint density at radius 1 is 1.26 bits per heavy atom. The van der Waals surface area contributed by atoms with Crippen LogP contribution in [0.5, 0.6) is 11.5 Å². The van der Waals surface area contributed by atoms with Gasteiger partial charge in [0.15, 0.2) is 5.43 Å². The lowest BCUT2D eigenvalue weighted by molar-refractivity contribution is 0.171. The Bertz CT molecular complexity index is 1190. The van der Waals surface area contributed by atoms with Crippen molar-refractivity contribution < 1.29 is 23.4 Å². The van der Waals surface area contributed by atoms with E-state index in [1.54, 1.807) is 25.3 Å². The first kappa shape index (κ1) is 21.8. The number of hydrogen-bond acceptors (Lipinski definition) is 6. The molecule has 1 aliphatic heterocycles. The molecule has 0 radical (unpaired) electrons. The minimum absolute atomic E-state index is 0.0444. The molecule has 1 aliphatic rings. The molecule has 1 fully saturated rings. The van der Waals surface area contributed by atoms with Crippen LogP contribution in [-0.2, 0) is 0 Å². The van der Waals surface area contributed by atoms with Gasteiger partial charge in [0.2, 0.25) is 0 Å². The van der Waals surface area contributed by atoms with Crippen LogP contribution in [-0.4, -0.2) is 50.5 Å². The quantitative estimate of drug-likeness (QED) is 0.577. The van der Waals surface area contributed by atoms with E-state index in [0.29, 0.717) is 33.6 Å². The average Bonchev–Trinajstić information content (AvgIpc) is 3.13. The summed E-state index contributed by atoms with van der Waals surface area (Å²) in [5, 5.41) is 10.3. The molecule has 2 heterocycles.